The molecule has 0 aliphatic carbocycles. The van der Waals surface area contributed by atoms with Gasteiger partial charge in [-0.3, -0.25) is 4.79 Å². The summed E-state index contributed by atoms with van der Waals surface area (Å²) in [5, 5.41) is 18.1. The molecule has 0 aliphatic rings. The first-order valence-electron chi connectivity index (χ1n) is 5.63. The van der Waals surface area contributed by atoms with Crippen LogP contribution in [-0.4, -0.2) is 22.8 Å². The van der Waals surface area contributed by atoms with Crippen molar-refractivity contribution in [3.05, 3.63) is 24.3 Å². The number of phenolic OH excluding ortho intramolecular Hbond substituents is 1. The molecule has 0 saturated carbocycles. The van der Waals surface area contributed by atoms with Gasteiger partial charge in [-0.05, 0) is 36.6 Å². The zero-order valence-corrected chi connectivity index (χ0v) is 10.1. The Bertz CT molecular complexity index is 356. The summed E-state index contributed by atoms with van der Waals surface area (Å²) in [6, 6.07) is 6.24. The van der Waals surface area contributed by atoms with E-state index in [0.29, 0.717) is 18.1 Å². The van der Waals surface area contributed by atoms with Crippen molar-refractivity contribution in [3.63, 3.8) is 0 Å². The van der Waals surface area contributed by atoms with Gasteiger partial charge in [-0.1, -0.05) is 13.8 Å². The fourth-order valence-electron chi connectivity index (χ4n) is 1.55. The van der Waals surface area contributed by atoms with Crippen LogP contribution in [0, 0.1) is 11.8 Å². The molecule has 17 heavy (non-hydrogen) atoms. The maximum Gasteiger partial charge on any atom is 0.309 e. The normalized spacial score (nSPS) is 12.4. The number of carbonyl (C=O) groups is 1. The first-order valence-corrected chi connectivity index (χ1v) is 5.63. The van der Waals surface area contributed by atoms with Crippen molar-refractivity contribution in [1.82, 2.24) is 0 Å². The van der Waals surface area contributed by atoms with Gasteiger partial charge in [0.15, 0.2) is 0 Å². The minimum atomic E-state index is -0.836. The van der Waals surface area contributed by atoms with E-state index in [2.05, 4.69) is 0 Å². The highest BCUT2D eigenvalue weighted by Crippen LogP contribution is 2.18. The van der Waals surface area contributed by atoms with Crippen LogP contribution in [0.5, 0.6) is 11.5 Å². The molecule has 4 heteroatoms. The molecule has 0 saturated heterocycles. The van der Waals surface area contributed by atoms with Crippen molar-refractivity contribution in [2.75, 3.05) is 6.61 Å². The third kappa shape index (κ3) is 4.76. The Morgan fingerprint density at radius 1 is 1.29 bits per heavy atom. The molecule has 0 heterocycles. The molecule has 1 rings (SSSR count). The van der Waals surface area contributed by atoms with Crippen LogP contribution in [-0.2, 0) is 4.79 Å². The van der Waals surface area contributed by atoms with E-state index in [9.17, 15) is 4.79 Å². The number of aliphatic carboxylic acids is 1. The number of carboxylic acid groups (broad SMARTS) is 1. The van der Waals surface area contributed by atoms with E-state index in [4.69, 9.17) is 14.9 Å². The van der Waals surface area contributed by atoms with Crippen molar-refractivity contribution >= 4 is 5.97 Å². The minimum Gasteiger partial charge on any atom is -0.508 e. The van der Waals surface area contributed by atoms with Crippen molar-refractivity contribution in [1.29, 1.82) is 0 Å². The lowest BCUT2D eigenvalue weighted by Gasteiger charge is -2.15. The van der Waals surface area contributed by atoms with Crippen LogP contribution in [0.3, 0.4) is 0 Å². The number of carboxylic acids is 1. The lowest BCUT2D eigenvalue weighted by Crippen LogP contribution is -2.23. The lowest BCUT2D eigenvalue weighted by atomic mass is 9.98. The molecule has 1 atom stereocenters. The summed E-state index contributed by atoms with van der Waals surface area (Å²) in [7, 11) is 0. The Labute approximate surface area is 101 Å². The molecule has 0 aliphatic heterocycles. The molecule has 0 fully saturated rings. The third-order valence-corrected chi connectivity index (χ3v) is 2.39. The molecule has 0 radical (unpaired) electrons. The topological polar surface area (TPSA) is 66.8 Å². The van der Waals surface area contributed by atoms with Gasteiger partial charge >= 0.3 is 5.97 Å². The molecule has 1 aromatic rings. The summed E-state index contributed by atoms with van der Waals surface area (Å²) in [4.78, 5) is 11.0. The summed E-state index contributed by atoms with van der Waals surface area (Å²) < 4.78 is 5.39. The predicted octanol–water partition coefficient (Wildman–Crippen LogP) is 2.52. The third-order valence-electron chi connectivity index (χ3n) is 2.39. The van der Waals surface area contributed by atoms with Crippen LogP contribution in [0.15, 0.2) is 24.3 Å². The van der Waals surface area contributed by atoms with Gasteiger partial charge in [-0.2, -0.15) is 0 Å². The Balaban J connectivity index is 2.51. The van der Waals surface area contributed by atoms with Gasteiger partial charge in [0.05, 0.1) is 5.92 Å². The van der Waals surface area contributed by atoms with E-state index in [1.54, 1.807) is 12.1 Å². The Morgan fingerprint density at radius 3 is 2.35 bits per heavy atom. The molecule has 1 aromatic carbocycles. The Kier molecular flexibility index (Phi) is 4.82. The minimum absolute atomic E-state index is 0.151. The summed E-state index contributed by atoms with van der Waals surface area (Å²) >= 11 is 0. The maximum absolute atomic E-state index is 11.0. The van der Waals surface area contributed by atoms with Crippen LogP contribution >= 0.6 is 0 Å². The Morgan fingerprint density at radius 2 is 1.88 bits per heavy atom. The van der Waals surface area contributed by atoms with E-state index in [-0.39, 0.29) is 12.4 Å². The molecular formula is C13H18O4. The van der Waals surface area contributed by atoms with Gasteiger partial charge in [-0.25, -0.2) is 0 Å². The van der Waals surface area contributed by atoms with Crippen LogP contribution in [0.2, 0.25) is 0 Å². The number of aromatic hydroxyl groups is 1. The maximum atomic E-state index is 11.0. The summed E-state index contributed by atoms with van der Waals surface area (Å²) in [6.07, 6.45) is 0.591. The standard InChI is InChI=1S/C13H18O4/c1-9(2)7-10(13(15)16)8-17-12-5-3-11(14)4-6-12/h3-6,9-10,14H,7-8H2,1-2H3,(H,15,16). The monoisotopic (exact) mass is 238 g/mol. The van der Waals surface area contributed by atoms with Crippen molar-refractivity contribution < 1.29 is 19.7 Å². The second-order valence-corrected chi connectivity index (χ2v) is 4.47. The zero-order valence-electron chi connectivity index (χ0n) is 10.1. The van der Waals surface area contributed by atoms with E-state index in [0.717, 1.165) is 0 Å². The van der Waals surface area contributed by atoms with E-state index >= 15 is 0 Å². The van der Waals surface area contributed by atoms with Crippen LogP contribution < -0.4 is 4.74 Å². The number of hydrogen-bond acceptors (Lipinski definition) is 3. The van der Waals surface area contributed by atoms with E-state index < -0.39 is 11.9 Å². The molecule has 94 valence electrons. The largest absolute Gasteiger partial charge is 0.508 e. The van der Waals surface area contributed by atoms with Crippen LogP contribution in [0.4, 0.5) is 0 Å². The van der Waals surface area contributed by atoms with Crippen molar-refractivity contribution in [2.45, 2.75) is 20.3 Å². The van der Waals surface area contributed by atoms with Gasteiger partial charge in [0.25, 0.3) is 0 Å². The highest BCUT2D eigenvalue weighted by atomic mass is 16.5. The molecule has 4 nitrogen and oxygen atoms in total. The first-order chi connectivity index (χ1) is 7.99. The average molecular weight is 238 g/mol. The fourth-order valence-corrected chi connectivity index (χ4v) is 1.55. The SMILES string of the molecule is CC(C)CC(COc1ccc(O)cc1)C(=O)O. The zero-order chi connectivity index (χ0) is 12.8. The summed E-state index contributed by atoms with van der Waals surface area (Å²) in [5.74, 6) is -0.284. The predicted molar refractivity (Wildman–Crippen MR) is 64.2 cm³/mol. The molecule has 0 aromatic heterocycles. The Hall–Kier alpha value is -1.71. The van der Waals surface area contributed by atoms with Crippen molar-refractivity contribution in [3.8, 4) is 11.5 Å². The molecule has 1 unspecified atom stereocenters. The molecule has 2 N–H and O–H groups in total. The van der Waals surface area contributed by atoms with E-state index in [1.807, 2.05) is 13.8 Å². The second-order valence-electron chi connectivity index (χ2n) is 4.47. The van der Waals surface area contributed by atoms with Crippen LogP contribution in [0.1, 0.15) is 20.3 Å². The van der Waals surface area contributed by atoms with Gasteiger partial charge in [-0.15, -0.1) is 0 Å². The number of rotatable bonds is 6. The lowest BCUT2D eigenvalue weighted by molar-refractivity contribution is -0.143. The van der Waals surface area contributed by atoms with Crippen molar-refractivity contribution in [2.24, 2.45) is 11.8 Å². The summed E-state index contributed by atoms with van der Waals surface area (Å²) in [5.41, 5.74) is 0. The number of benzene rings is 1. The number of hydrogen-bond donors (Lipinski definition) is 2. The molecule has 0 bridgehead atoms. The van der Waals surface area contributed by atoms with Gasteiger partial charge in [0, 0.05) is 0 Å². The second kappa shape index (κ2) is 6.13. The van der Waals surface area contributed by atoms with Crippen LogP contribution in [0.25, 0.3) is 0 Å². The highest BCUT2D eigenvalue weighted by Gasteiger charge is 2.19. The quantitative estimate of drug-likeness (QED) is 0.799. The van der Waals surface area contributed by atoms with Gasteiger partial charge in [0.1, 0.15) is 18.1 Å². The number of ether oxygens (including phenoxy) is 1. The average Bonchev–Trinajstić information content (AvgIpc) is 2.25. The summed E-state index contributed by atoms with van der Waals surface area (Å²) in [6.45, 7) is 4.12. The first kappa shape index (κ1) is 13.4. The van der Waals surface area contributed by atoms with Gasteiger partial charge in [0.2, 0.25) is 0 Å². The fraction of sp³-hybridized carbons (Fsp3) is 0.462. The molecule has 0 amide bonds. The smallest absolute Gasteiger partial charge is 0.309 e. The highest BCUT2D eigenvalue weighted by molar-refractivity contribution is 5.70. The number of phenols is 1. The van der Waals surface area contributed by atoms with Gasteiger partial charge < -0.3 is 14.9 Å². The van der Waals surface area contributed by atoms with E-state index in [1.165, 1.54) is 12.1 Å². The molecular weight excluding hydrogens is 220 g/mol. The molecule has 0 spiro atoms.